The Morgan fingerprint density at radius 1 is 1.62 bits per heavy atom. The van der Waals surface area contributed by atoms with Gasteiger partial charge in [0.1, 0.15) is 9.39 Å². The third kappa shape index (κ3) is 2.20. The number of alkyl halides is 2. The SMILES string of the molecule is Cc1cc(C(F)F)nc(I)c1C=O. The second-order valence-corrected chi connectivity index (χ2v) is 3.51. The standard InChI is InChI=1S/C8H6F2INO/c1-4-2-6(7(9)10)12-8(11)5(4)3-13/h2-3,7H,1H3. The van der Waals surface area contributed by atoms with Crippen LogP contribution in [-0.2, 0) is 0 Å². The number of pyridine rings is 1. The first-order valence-electron chi connectivity index (χ1n) is 3.46. The molecule has 1 rings (SSSR count). The number of hydrogen-bond acceptors (Lipinski definition) is 2. The first-order chi connectivity index (χ1) is 6.06. The van der Waals surface area contributed by atoms with Crippen molar-refractivity contribution in [3.63, 3.8) is 0 Å². The number of nitrogens with zero attached hydrogens (tertiary/aromatic N) is 1. The molecule has 5 heteroatoms. The van der Waals surface area contributed by atoms with Crippen molar-refractivity contribution in [2.75, 3.05) is 0 Å². The van der Waals surface area contributed by atoms with Crippen LogP contribution in [0.5, 0.6) is 0 Å². The quantitative estimate of drug-likeness (QED) is 0.477. The Bertz CT molecular complexity index is 318. The number of carbonyl (C=O) groups excluding carboxylic acids is 1. The lowest BCUT2D eigenvalue weighted by Crippen LogP contribution is -2.00. The van der Waals surface area contributed by atoms with Crippen LogP contribution in [0.1, 0.15) is 28.0 Å². The minimum Gasteiger partial charge on any atom is -0.298 e. The molecule has 0 aliphatic rings. The highest BCUT2D eigenvalue weighted by atomic mass is 127. The lowest BCUT2D eigenvalue weighted by Gasteiger charge is -2.04. The largest absolute Gasteiger partial charge is 0.298 e. The van der Waals surface area contributed by atoms with Gasteiger partial charge >= 0.3 is 0 Å². The van der Waals surface area contributed by atoms with Gasteiger partial charge in [-0.15, -0.1) is 0 Å². The van der Waals surface area contributed by atoms with Gasteiger partial charge in [0.2, 0.25) is 0 Å². The molecule has 0 bridgehead atoms. The maximum atomic E-state index is 12.2. The minimum atomic E-state index is -2.59. The van der Waals surface area contributed by atoms with Crippen molar-refractivity contribution in [1.29, 1.82) is 0 Å². The smallest absolute Gasteiger partial charge is 0.280 e. The summed E-state index contributed by atoms with van der Waals surface area (Å²) in [5.74, 6) is 0. The molecule has 0 radical (unpaired) electrons. The van der Waals surface area contributed by atoms with Gasteiger partial charge in [0.25, 0.3) is 6.43 Å². The molecule has 70 valence electrons. The van der Waals surface area contributed by atoms with Crippen molar-refractivity contribution in [3.8, 4) is 0 Å². The van der Waals surface area contributed by atoms with Crippen LogP contribution in [0.25, 0.3) is 0 Å². The highest BCUT2D eigenvalue weighted by Crippen LogP contribution is 2.21. The summed E-state index contributed by atoms with van der Waals surface area (Å²) in [7, 11) is 0. The summed E-state index contributed by atoms with van der Waals surface area (Å²) in [5, 5.41) is 0. The normalized spacial score (nSPS) is 10.5. The first kappa shape index (κ1) is 10.5. The third-order valence-corrected chi connectivity index (χ3v) is 2.40. The van der Waals surface area contributed by atoms with E-state index in [2.05, 4.69) is 4.98 Å². The number of hydrogen-bond donors (Lipinski definition) is 0. The summed E-state index contributed by atoms with van der Waals surface area (Å²) < 4.78 is 24.7. The van der Waals surface area contributed by atoms with Crippen LogP contribution < -0.4 is 0 Å². The molecule has 0 aliphatic carbocycles. The van der Waals surface area contributed by atoms with Crippen molar-refractivity contribution in [1.82, 2.24) is 4.98 Å². The van der Waals surface area contributed by atoms with Crippen molar-refractivity contribution in [3.05, 3.63) is 26.6 Å². The molecule has 0 unspecified atom stereocenters. The van der Waals surface area contributed by atoms with Crippen LogP contribution >= 0.6 is 22.6 Å². The highest BCUT2D eigenvalue weighted by Gasteiger charge is 2.13. The second kappa shape index (κ2) is 4.08. The Morgan fingerprint density at radius 2 is 2.23 bits per heavy atom. The molecule has 0 amide bonds. The zero-order valence-electron chi connectivity index (χ0n) is 6.72. The molecule has 0 atom stereocenters. The average molecular weight is 297 g/mol. The Morgan fingerprint density at radius 3 is 2.62 bits per heavy atom. The predicted molar refractivity (Wildman–Crippen MR) is 52.0 cm³/mol. The highest BCUT2D eigenvalue weighted by molar-refractivity contribution is 14.1. The van der Waals surface area contributed by atoms with Crippen molar-refractivity contribution in [2.24, 2.45) is 0 Å². The van der Waals surface area contributed by atoms with Gasteiger partial charge in [0, 0.05) is 5.56 Å². The van der Waals surface area contributed by atoms with Gasteiger partial charge in [0.05, 0.1) is 0 Å². The lowest BCUT2D eigenvalue weighted by atomic mass is 10.1. The third-order valence-electron chi connectivity index (χ3n) is 1.58. The number of halogens is 3. The molecule has 2 nitrogen and oxygen atoms in total. The van der Waals surface area contributed by atoms with Crippen molar-refractivity contribution in [2.45, 2.75) is 13.3 Å². The van der Waals surface area contributed by atoms with E-state index in [-0.39, 0.29) is 5.69 Å². The van der Waals surface area contributed by atoms with Crippen LogP contribution in [-0.4, -0.2) is 11.3 Å². The molecule has 0 aromatic carbocycles. The summed E-state index contributed by atoms with van der Waals surface area (Å²) in [4.78, 5) is 14.1. The minimum absolute atomic E-state index is 0.285. The van der Waals surface area contributed by atoms with Gasteiger partial charge in [-0.1, -0.05) is 0 Å². The fourth-order valence-corrected chi connectivity index (χ4v) is 1.75. The summed E-state index contributed by atoms with van der Waals surface area (Å²) in [5.41, 5.74) is 0.627. The number of aldehydes is 1. The maximum Gasteiger partial charge on any atom is 0.280 e. The van der Waals surface area contributed by atoms with E-state index in [0.29, 0.717) is 21.1 Å². The molecule has 1 aromatic heterocycles. The number of carbonyl (C=O) groups is 1. The van der Waals surface area contributed by atoms with Crippen LogP contribution in [0.4, 0.5) is 8.78 Å². The molecule has 0 spiro atoms. The molecule has 0 aliphatic heterocycles. The van der Waals surface area contributed by atoms with E-state index in [9.17, 15) is 13.6 Å². The molecule has 0 fully saturated rings. The Kier molecular flexibility index (Phi) is 3.29. The van der Waals surface area contributed by atoms with Gasteiger partial charge in [-0.05, 0) is 41.1 Å². The molecule has 1 heterocycles. The molecule has 0 saturated carbocycles. The topological polar surface area (TPSA) is 30.0 Å². The van der Waals surface area contributed by atoms with Gasteiger partial charge < -0.3 is 0 Å². The van der Waals surface area contributed by atoms with E-state index < -0.39 is 6.43 Å². The van der Waals surface area contributed by atoms with Crippen molar-refractivity contribution < 1.29 is 13.6 Å². The summed E-state index contributed by atoms with van der Waals surface area (Å²) >= 11 is 1.77. The molecule has 0 N–H and O–H groups in total. The molecular formula is C8H6F2INO. The zero-order chi connectivity index (χ0) is 10.0. The van der Waals surface area contributed by atoms with E-state index in [1.807, 2.05) is 0 Å². The average Bonchev–Trinajstić information content (AvgIpc) is 2.03. The molecule has 1 aromatic rings. The molecule has 13 heavy (non-hydrogen) atoms. The molecule has 0 saturated heterocycles. The van der Waals surface area contributed by atoms with E-state index in [0.717, 1.165) is 0 Å². The zero-order valence-corrected chi connectivity index (χ0v) is 8.88. The van der Waals surface area contributed by atoms with Crippen LogP contribution in [0, 0.1) is 10.6 Å². The van der Waals surface area contributed by atoms with Gasteiger partial charge in [-0.3, -0.25) is 4.79 Å². The summed E-state index contributed by atoms with van der Waals surface area (Å²) in [6.07, 6.45) is -1.97. The lowest BCUT2D eigenvalue weighted by molar-refractivity contribution is 0.112. The van der Waals surface area contributed by atoms with E-state index in [1.165, 1.54) is 6.07 Å². The maximum absolute atomic E-state index is 12.2. The van der Waals surface area contributed by atoms with E-state index in [1.54, 1.807) is 29.5 Å². The summed E-state index contributed by atoms with van der Waals surface area (Å²) in [6, 6.07) is 1.23. The number of aromatic nitrogens is 1. The Hall–Kier alpha value is -0.590. The summed E-state index contributed by atoms with van der Waals surface area (Å²) in [6.45, 7) is 1.61. The first-order valence-corrected chi connectivity index (χ1v) is 4.54. The van der Waals surface area contributed by atoms with Crippen molar-refractivity contribution >= 4 is 28.9 Å². The molecular weight excluding hydrogens is 291 g/mol. The number of rotatable bonds is 2. The fourth-order valence-electron chi connectivity index (χ4n) is 0.921. The van der Waals surface area contributed by atoms with E-state index >= 15 is 0 Å². The van der Waals surface area contributed by atoms with Crippen LogP contribution in [0.3, 0.4) is 0 Å². The van der Waals surface area contributed by atoms with Gasteiger partial charge in [-0.25, -0.2) is 13.8 Å². The second-order valence-electron chi connectivity index (χ2n) is 2.49. The van der Waals surface area contributed by atoms with Gasteiger partial charge in [0.15, 0.2) is 6.29 Å². The Balaban J connectivity index is 3.28. The van der Waals surface area contributed by atoms with Crippen LogP contribution in [0.2, 0.25) is 0 Å². The van der Waals surface area contributed by atoms with E-state index in [4.69, 9.17) is 0 Å². The predicted octanol–water partition coefficient (Wildman–Crippen LogP) is 2.74. The van der Waals surface area contributed by atoms with Crippen LogP contribution in [0.15, 0.2) is 6.07 Å². The Labute approximate surface area is 87.5 Å². The fraction of sp³-hybridized carbons (Fsp3) is 0.250. The monoisotopic (exact) mass is 297 g/mol. The number of aryl methyl sites for hydroxylation is 1. The van der Waals surface area contributed by atoms with Gasteiger partial charge in [-0.2, -0.15) is 0 Å².